The van der Waals surface area contributed by atoms with Crippen LogP contribution in [0.3, 0.4) is 0 Å². The lowest BCUT2D eigenvalue weighted by molar-refractivity contribution is 0.649. The molecular formula is C23H22. The molecule has 0 bridgehead atoms. The third-order valence-corrected chi connectivity index (χ3v) is 7.16. The second-order valence-electron chi connectivity index (χ2n) is 8.20. The Balaban J connectivity index is 1.65. The smallest absolute Gasteiger partial charge is 0.00124 e. The van der Waals surface area contributed by atoms with Crippen molar-refractivity contribution in [1.82, 2.24) is 0 Å². The number of hydrogen-bond acceptors (Lipinski definition) is 0. The number of benzene rings is 2. The standard InChI is InChI=1S/C23H22/c1-14-8-9-19-20(23-10-4-6-17(23)13-23)12-16-11-15-5-2-3-7-18(15)22(16)21(14)19/h2-3,5,7,12,17H,1,4,6,8-11,13H2. The lowest BCUT2D eigenvalue weighted by Gasteiger charge is -2.21. The van der Waals surface area contributed by atoms with E-state index in [1.807, 2.05) is 0 Å². The van der Waals surface area contributed by atoms with Gasteiger partial charge in [-0.2, -0.15) is 0 Å². The summed E-state index contributed by atoms with van der Waals surface area (Å²) in [6.07, 6.45) is 9.32. The molecule has 0 nitrogen and oxygen atoms in total. The van der Waals surface area contributed by atoms with Crippen molar-refractivity contribution in [3.63, 3.8) is 0 Å². The zero-order valence-electron chi connectivity index (χ0n) is 13.6. The van der Waals surface area contributed by atoms with Crippen LogP contribution in [0.15, 0.2) is 36.9 Å². The molecule has 4 aliphatic carbocycles. The number of hydrogen-bond donors (Lipinski definition) is 0. The molecule has 0 heteroatoms. The van der Waals surface area contributed by atoms with E-state index in [1.165, 1.54) is 60.8 Å². The Morgan fingerprint density at radius 1 is 1.04 bits per heavy atom. The van der Waals surface area contributed by atoms with Crippen LogP contribution in [-0.4, -0.2) is 0 Å². The Hall–Kier alpha value is -1.82. The molecule has 2 fully saturated rings. The molecule has 0 radical (unpaired) electrons. The molecule has 0 spiro atoms. The lowest BCUT2D eigenvalue weighted by Crippen LogP contribution is -2.10. The van der Waals surface area contributed by atoms with Gasteiger partial charge in [0.15, 0.2) is 0 Å². The minimum absolute atomic E-state index is 0.568. The summed E-state index contributed by atoms with van der Waals surface area (Å²) in [6.45, 7) is 4.45. The van der Waals surface area contributed by atoms with Crippen molar-refractivity contribution >= 4 is 5.57 Å². The van der Waals surface area contributed by atoms with Crippen LogP contribution >= 0.6 is 0 Å². The fraction of sp³-hybridized carbons (Fsp3) is 0.391. The van der Waals surface area contributed by atoms with Gasteiger partial charge in [-0.1, -0.05) is 43.3 Å². The summed E-state index contributed by atoms with van der Waals surface area (Å²) in [5.41, 5.74) is 13.0. The van der Waals surface area contributed by atoms with E-state index in [0.29, 0.717) is 5.41 Å². The maximum Gasteiger partial charge on any atom is -0.00124 e. The topological polar surface area (TPSA) is 0 Å². The first kappa shape index (κ1) is 12.6. The molecule has 114 valence electrons. The van der Waals surface area contributed by atoms with E-state index in [1.54, 1.807) is 22.3 Å². The summed E-state index contributed by atoms with van der Waals surface area (Å²) in [7, 11) is 0. The van der Waals surface area contributed by atoms with E-state index in [0.717, 1.165) is 12.3 Å². The first-order chi connectivity index (χ1) is 11.3. The number of allylic oxidation sites excluding steroid dienone is 1. The first-order valence-corrected chi connectivity index (χ1v) is 9.23. The Morgan fingerprint density at radius 2 is 1.96 bits per heavy atom. The Bertz CT molecular complexity index is 885. The highest BCUT2D eigenvalue weighted by Gasteiger charge is 2.58. The molecule has 4 aliphatic rings. The van der Waals surface area contributed by atoms with Crippen LogP contribution in [0.25, 0.3) is 16.7 Å². The van der Waals surface area contributed by atoms with Gasteiger partial charge in [-0.05, 0) is 94.4 Å². The van der Waals surface area contributed by atoms with Crippen molar-refractivity contribution in [3.8, 4) is 11.1 Å². The molecule has 0 aromatic heterocycles. The minimum Gasteiger partial charge on any atom is -0.0952 e. The van der Waals surface area contributed by atoms with Crippen LogP contribution in [-0.2, 0) is 18.3 Å². The van der Waals surface area contributed by atoms with E-state index in [4.69, 9.17) is 0 Å². The maximum atomic E-state index is 4.45. The molecule has 6 rings (SSSR count). The van der Waals surface area contributed by atoms with Gasteiger partial charge in [-0.25, -0.2) is 0 Å². The quantitative estimate of drug-likeness (QED) is 0.544. The van der Waals surface area contributed by atoms with E-state index < -0.39 is 0 Å². The van der Waals surface area contributed by atoms with Gasteiger partial charge < -0.3 is 0 Å². The molecule has 2 atom stereocenters. The van der Waals surface area contributed by atoms with Crippen LogP contribution in [0.4, 0.5) is 0 Å². The SMILES string of the molecule is C=C1CCc2c(C34CCCC3C4)cc3c(c21)-c1ccccc1C3. The molecule has 0 N–H and O–H groups in total. The summed E-state index contributed by atoms with van der Waals surface area (Å²) < 4.78 is 0. The van der Waals surface area contributed by atoms with E-state index in [-0.39, 0.29) is 0 Å². The summed E-state index contributed by atoms with van der Waals surface area (Å²) >= 11 is 0. The van der Waals surface area contributed by atoms with E-state index in [2.05, 4.69) is 36.9 Å². The Morgan fingerprint density at radius 3 is 2.78 bits per heavy atom. The maximum absolute atomic E-state index is 4.45. The van der Waals surface area contributed by atoms with Gasteiger partial charge in [0.2, 0.25) is 0 Å². The molecule has 0 saturated heterocycles. The predicted molar refractivity (Wildman–Crippen MR) is 95.7 cm³/mol. The molecule has 2 saturated carbocycles. The van der Waals surface area contributed by atoms with Gasteiger partial charge in [-0.3, -0.25) is 0 Å². The molecule has 0 heterocycles. The number of rotatable bonds is 1. The molecule has 0 amide bonds. The van der Waals surface area contributed by atoms with Crippen molar-refractivity contribution in [3.05, 3.63) is 64.7 Å². The normalized spacial score (nSPS) is 29.2. The van der Waals surface area contributed by atoms with Crippen LogP contribution in [0.5, 0.6) is 0 Å². The molecule has 2 unspecified atom stereocenters. The second kappa shape index (κ2) is 3.98. The van der Waals surface area contributed by atoms with Crippen LogP contribution < -0.4 is 0 Å². The zero-order valence-corrected chi connectivity index (χ0v) is 13.6. The Kier molecular flexibility index (Phi) is 2.18. The first-order valence-electron chi connectivity index (χ1n) is 9.23. The highest BCUT2D eigenvalue weighted by atomic mass is 14.6. The van der Waals surface area contributed by atoms with Gasteiger partial charge in [0, 0.05) is 0 Å². The van der Waals surface area contributed by atoms with Crippen molar-refractivity contribution in [2.45, 2.75) is 50.4 Å². The second-order valence-corrected chi connectivity index (χ2v) is 8.20. The summed E-state index contributed by atoms with van der Waals surface area (Å²) in [6, 6.07) is 11.6. The predicted octanol–water partition coefficient (Wildman–Crippen LogP) is 5.66. The average molecular weight is 298 g/mol. The van der Waals surface area contributed by atoms with Crippen LogP contribution in [0.2, 0.25) is 0 Å². The molecule has 2 aromatic rings. The largest absolute Gasteiger partial charge is 0.0952 e. The van der Waals surface area contributed by atoms with Crippen LogP contribution in [0.1, 0.15) is 59.9 Å². The van der Waals surface area contributed by atoms with Gasteiger partial charge in [0.05, 0.1) is 0 Å². The number of fused-ring (bicyclic) bond motifs is 6. The highest BCUT2D eigenvalue weighted by Crippen LogP contribution is 2.66. The fourth-order valence-electron chi connectivity index (χ4n) is 6.04. The zero-order chi connectivity index (χ0) is 15.2. The van der Waals surface area contributed by atoms with Gasteiger partial charge in [-0.15, -0.1) is 0 Å². The van der Waals surface area contributed by atoms with Crippen molar-refractivity contribution in [1.29, 1.82) is 0 Å². The van der Waals surface area contributed by atoms with Gasteiger partial charge >= 0.3 is 0 Å². The summed E-state index contributed by atoms with van der Waals surface area (Å²) in [5, 5.41) is 0. The fourth-order valence-corrected chi connectivity index (χ4v) is 6.04. The molecule has 0 aliphatic heterocycles. The minimum atomic E-state index is 0.568. The van der Waals surface area contributed by atoms with E-state index in [9.17, 15) is 0 Å². The molecular weight excluding hydrogens is 276 g/mol. The third-order valence-electron chi connectivity index (χ3n) is 7.16. The lowest BCUT2D eigenvalue weighted by atomic mass is 9.83. The summed E-state index contributed by atoms with van der Waals surface area (Å²) in [5.74, 6) is 0.988. The average Bonchev–Trinajstić information content (AvgIpc) is 2.92. The third kappa shape index (κ3) is 1.43. The Labute approximate surface area is 138 Å². The van der Waals surface area contributed by atoms with Crippen molar-refractivity contribution in [2.75, 3.05) is 0 Å². The van der Waals surface area contributed by atoms with Crippen molar-refractivity contribution in [2.24, 2.45) is 5.92 Å². The molecule has 2 aromatic carbocycles. The van der Waals surface area contributed by atoms with Gasteiger partial charge in [0.1, 0.15) is 0 Å². The van der Waals surface area contributed by atoms with E-state index >= 15 is 0 Å². The van der Waals surface area contributed by atoms with Gasteiger partial charge in [0.25, 0.3) is 0 Å². The highest BCUT2D eigenvalue weighted by molar-refractivity contribution is 5.91. The van der Waals surface area contributed by atoms with Crippen molar-refractivity contribution < 1.29 is 0 Å². The van der Waals surface area contributed by atoms with Crippen LogP contribution in [0, 0.1) is 5.92 Å². The summed E-state index contributed by atoms with van der Waals surface area (Å²) in [4.78, 5) is 0. The monoisotopic (exact) mass is 298 g/mol. The molecule has 23 heavy (non-hydrogen) atoms.